The summed E-state index contributed by atoms with van der Waals surface area (Å²) >= 11 is 0. The Bertz CT molecular complexity index is 1040. The number of para-hydroxylation sites is 1. The van der Waals surface area contributed by atoms with Gasteiger partial charge >= 0.3 is 0 Å². The van der Waals surface area contributed by atoms with E-state index in [1.165, 1.54) is 0 Å². The molecule has 1 aromatic carbocycles. The van der Waals surface area contributed by atoms with Gasteiger partial charge in [-0.15, -0.1) is 0 Å². The van der Waals surface area contributed by atoms with Crippen LogP contribution in [0.3, 0.4) is 0 Å². The molecule has 0 bridgehead atoms. The highest BCUT2D eigenvalue weighted by molar-refractivity contribution is 5.92. The Balaban J connectivity index is 1.45. The van der Waals surface area contributed by atoms with E-state index in [1.807, 2.05) is 42.3 Å². The monoisotopic (exact) mass is 422 g/mol. The maximum absolute atomic E-state index is 13.1. The van der Waals surface area contributed by atoms with Gasteiger partial charge in [-0.3, -0.25) is 9.48 Å². The Labute approximate surface area is 183 Å². The zero-order valence-electron chi connectivity index (χ0n) is 18.5. The summed E-state index contributed by atoms with van der Waals surface area (Å²) in [6, 6.07) is 9.84. The molecule has 0 unspecified atom stereocenters. The summed E-state index contributed by atoms with van der Waals surface area (Å²) in [6.45, 7) is 3.48. The van der Waals surface area contributed by atoms with Crippen molar-refractivity contribution in [2.75, 3.05) is 20.2 Å². The predicted molar refractivity (Wildman–Crippen MR) is 117 cm³/mol. The number of methoxy groups -OCH3 is 1. The topological polar surface area (TPSA) is 73.4 Å². The van der Waals surface area contributed by atoms with Gasteiger partial charge in [0.05, 0.1) is 24.9 Å². The second-order valence-corrected chi connectivity index (χ2v) is 8.14. The highest BCUT2D eigenvalue weighted by Gasteiger charge is 2.30. The van der Waals surface area contributed by atoms with Gasteiger partial charge < -0.3 is 14.1 Å². The lowest BCUT2D eigenvalue weighted by Crippen LogP contribution is -2.40. The molecule has 4 rings (SSSR count). The number of nitrogens with zero attached hydrogens (tertiary/aromatic N) is 4. The predicted octanol–water partition coefficient (Wildman–Crippen LogP) is 3.98. The molecule has 0 spiro atoms. The summed E-state index contributed by atoms with van der Waals surface area (Å²) in [4.78, 5) is 19.6. The minimum atomic E-state index is 0.0304. The maximum atomic E-state index is 13.1. The first kappa shape index (κ1) is 21.2. The first-order valence-corrected chi connectivity index (χ1v) is 11.0. The quantitative estimate of drug-likeness (QED) is 0.576. The highest BCUT2D eigenvalue weighted by atomic mass is 16.5. The number of amides is 1. The minimum Gasteiger partial charge on any atom is -0.496 e. The van der Waals surface area contributed by atoms with E-state index < -0.39 is 0 Å². The van der Waals surface area contributed by atoms with Crippen LogP contribution in [-0.2, 0) is 19.9 Å². The SMILES string of the molecule is CCCc1cc(C(=O)N2CCC[C@@H](c3ncc(Cc4ccccc4OC)o3)C2)n(C)n1. The van der Waals surface area contributed by atoms with Crippen LogP contribution in [0.4, 0.5) is 0 Å². The molecule has 7 heteroatoms. The molecular weight excluding hydrogens is 392 g/mol. The number of oxazole rings is 1. The van der Waals surface area contributed by atoms with Gasteiger partial charge in [-0.1, -0.05) is 31.5 Å². The van der Waals surface area contributed by atoms with E-state index in [0.29, 0.717) is 24.6 Å². The normalized spacial score (nSPS) is 16.5. The molecule has 0 aliphatic carbocycles. The number of ether oxygens (including phenoxy) is 1. The average Bonchev–Trinajstić information content (AvgIpc) is 3.40. The fraction of sp³-hybridized carbons (Fsp3) is 0.458. The van der Waals surface area contributed by atoms with Crippen LogP contribution in [0.15, 0.2) is 40.9 Å². The molecule has 1 amide bonds. The van der Waals surface area contributed by atoms with E-state index in [2.05, 4.69) is 17.0 Å². The van der Waals surface area contributed by atoms with Crippen molar-refractivity contribution in [3.63, 3.8) is 0 Å². The smallest absolute Gasteiger partial charge is 0.272 e. The van der Waals surface area contributed by atoms with E-state index in [-0.39, 0.29) is 11.8 Å². The zero-order valence-corrected chi connectivity index (χ0v) is 18.5. The number of aromatic nitrogens is 3. The van der Waals surface area contributed by atoms with Crippen molar-refractivity contribution in [3.05, 3.63) is 65.1 Å². The van der Waals surface area contributed by atoms with Crippen LogP contribution < -0.4 is 4.74 Å². The Morgan fingerprint density at radius 3 is 2.97 bits per heavy atom. The number of hydrogen-bond donors (Lipinski definition) is 0. The van der Waals surface area contributed by atoms with Gasteiger partial charge in [0.15, 0.2) is 5.89 Å². The summed E-state index contributed by atoms with van der Waals surface area (Å²) in [5.74, 6) is 2.49. The second-order valence-electron chi connectivity index (χ2n) is 8.14. The van der Waals surface area contributed by atoms with Gasteiger partial charge in [0.2, 0.25) is 0 Å². The van der Waals surface area contributed by atoms with Crippen molar-refractivity contribution in [2.45, 2.75) is 44.9 Å². The van der Waals surface area contributed by atoms with Gasteiger partial charge in [-0.05, 0) is 31.4 Å². The van der Waals surface area contributed by atoms with Gasteiger partial charge in [-0.25, -0.2) is 4.98 Å². The number of carbonyl (C=O) groups is 1. The molecule has 0 N–H and O–H groups in total. The van der Waals surface area contributed by atoms with Crippen LogP contribution in [0.1, 0.15) is 65.5 Å². The van der Waals surface area contributed by atoms with Gasteiger partial charge in [-0.2, -0.15) is 5.10 Å². The molecule has 3 aromatic rings. The van der Waals surface area contributed by atoms with Crippen LogP contribution in [0.25, 0.3) is 0 Å². The van der Waals surface area contributed by atoms with Crippen molar-refractivity contribution < 1.29 is 13.9 Å². The van der Waals surface area contributed by atoms with Crippen LogP contribution in [0.5, 0.6) is 5.75 Å². The largest absolute Gasteiger partial charge is 0.496 e. The van der Waals surface area contributed by atoms with Gasteiger partial charge in [0.1, 0.15) is 17.2 Å². The molecule has 7 nitrogen and oxygen atoms in total. The van der Waals surface area contributed by atoms with E-state index in [1.54, 1.807) is 18.0 Å². The standard InChI is InChI=1S/C24H30N4O3/c1-4-8-19-14-21(27(2)26-19)24(29)28-12-7-10-18(16-28)23-25-15-20(31-23)13-17-9-5-6-11-22(17)30-3/h5-6,9,11,14-15,18H,4,7-8,10,12-13,16H2,1-3H3/t18-/m1/s1. The lowest BCUT2D eigenvalue weighted by Gasteiger charge is -2.31. The maximum Gasteiger partial charge on any atom is 0.272 e. The third-order valence-electron chi connectivity index (χ3n) is 5.84. The number of likely N-dealkylation sites (tertiary alicyclic amines) is 1. The van der Waals surface area contributed by atoms with E-state index in [0.717, 1.165) is 55.0 Å². The van der Waals surface area contributed by atoms with Crippen molar-refractivity contribution in [2.24, 2.45) is 7.05 Å². The first-order valence-electron chi connectivity index (χ1n) is 11.0. The van der Waals surface area contributed by atoms with Crippen molar-refractivity contribution >= 4 is 5.91 Å². The van der Waals surface area contributed by atoms with E-state index >= 15 is 0 Å². The molecule has 0 saturated carbocycles. The van der Waals surface area contributed by atoms with Crippen molar-refractivity contribution in [1.29, 1.82) is 0 Å². The molecule has 0 radical (unpaired) electrons. The number of aryl methyl sites for hydroxylation is 2. The molecule has 31 heavy (non-hydrogen) atoms. The molecule has 2 aromatic heterocycles. The Kier molecular flexibility index (Phi) is 6.39. The molecule has 1 aliphatic heterocycles. The number of carbonyl (C=O) groups excluding carboxylic acids is 1. The van der Waals surface area contributed by atoms with Gasteiger partial charge in [0.25, 0.3) is 5.91 Å². The molecule has 1 fully saturated rings. The lowest BCUT2D eigenvalue weighted by molar-refractivity contribution is 0.0686. The average molecular weight is 423 g/mol. The van der Waals surface area contributed by atoms with Crippen molar-refractivity contribution in [3.8, 4) is 5.75 Å². The fourth-order valence-electron chi connectivity index (χ4n) is 4.26. The molecular formula is C24H30N4O3. The highest BCUT2D eigenvalue weighted by Crippen LogP contribution is 2.29. The van der Waals surface area contributed by atoms with E-state index in [4.69, 9.17) is 9.15 Å². The third-order valence-corrected chi connectivity index (χ3v) is 5.84. The van der Waals surface area contributed by atoms with E-state index in [9.17, 15) is 4.79 Å². The summed E-state index contributed by atoms with van der Waals surface area (Å²) in [7, 11) is 3.51. The van der Waals surface area contributed by atoms with Crippen LogP contribution >= 0.6 is 0 Å². The number of benzene rings is 1. The fourth-order valence-corrected chi connectivity index (χ4v) is 4.26. The van der Waals surface area contributed by atoms with Gasteiger partial charge in [0, 0.05) is 32.1 Å². The molecule has 1 atom stereocenters. The molecule has 164 valence electrons. The second kappa shape index (κ2) is 9.37. The minimum absolute atomic E-state index is 0.0304. The summed E-state index contributed by atoms with van der Waals surface area (Å²) in [6.07, 6.45) is 6.21. The number of hydrogen-bond acceptors (Lipinski definition) is 5. The first-order chi connectivity index (χ1) is 15.1. The van der Waals surface area contributed by atoms with Crippen LogP contribution in [0, 0.1) is 0 Å². The molecule has 3 heterocycles. The Morgan fingerprint density at radius 1 is 1.32 bits per heavy atom. The third kappa shape index (κ3) is 4.65. The van der Waals surface area contributed by atoms with Crippen LogP contribution in [-0.4, -0.2) is 45.8 Å². The number of rotatable bonds is 7. The van der Waals surface area contributed by atoms with Crippen molar-refractivity contribution in [1.82, 2.24) is 19.7 Å². The number of piperidine rings is 1. The molecule has 1 aliphatic rings. The Morgan fingerprint density at radius 2 is 2.16 bits per heavy atom. The summed E-state index contributed by atoms with van der Waals surface area (Å²) in [5.41, 5.74) is 2.68. The Hall–Kier alpha value is -3.09. The van der Waals surface area contributed by atoms with Crippen LogP contribution in [0.2, 0.25) is 0 Å². The summed E-state index contributed by atoms with van der Waals surface area (Å²) < 4.78 is 13.2. The molecule has 1 saturated heterocycles. The zero-order chi connectivity index (χ0) is 21.8. The lowest BCUT2D eigenvalue weighted by atomic mass is 9.97. The summed E-state index contributed by atoms with van der Waals surface area (Å²) in [5, 5.41) is 4.48.